The molecule has 0 aromatic carbocycles. The second-order valence-electron chi connectivity index (χ2n) is 7.75. The smallest absolute Gasteiger partial charge is 0.229 e. The van der Waals surface area contributed by atoms with E-state index in [9.17, 15) is 0 Å². The van der Waals surface area contributed by atoms with E-state index in [4.69, 9.17) is 9.97 Å². The first-order chi connectivity index (χ1) is 11.6. The standard InChI is InChI=1S/C18H28N6/c1-13-9-14(2)12-24(11-13)18-20-16-15(10-19-22(16)3)17(21-18)23-7-5-4-6-8-23/h10,13-14H,4-9,11-12H2,1-3H3/t13-,14+. The molecule has 4 rings (SSSR count). The van der Waals surface area contributed by atoms with Crippen LogP contribution in [-0.4, -0.2) is 45.9 Å². The summed E-state index contributed by atoms with van der Waals surface area (Å²) in [6.45, 7) is 8.94. The first-order valence-electron chi connectivity index (χ1n) is 9.31. The molecule has 2 aromatic rings. The van der Waals surface area contributed by atoms with Crippen molar-refractivity contribution in [2.24, 2.45) is 18.9 Å². The van der Waals surface area contributed by atoms with Crippen LogP contribution in [-0.2, 0) is 7.05 Å². The molecule has 24 heavy (non-hydrogen) atoms. The van der Waals surface area contributed by atoms with Gasteiger partial charge in [0.05, 0.1) is 11.6 Å². The van der Waals surface area contributed by atoms with Crippen LogP contribution in [0.25, 0.3) is 11.0 Å². The van der Waals surface area contributed by atoms with Crippen molar-refractivity contribution < 1.29 is 0 Å². The van der Waals surface area contributed by atoms with Crippen LogP contribution in [0.5, 0.6) is 0 Å². The summed E-state index contributed by atoms with van der Waals surface area (Å²) in [7, 11) is 1.97. The Kier molecular flexibility index (Phi) is 4.06. The van der Waals surface area contributed by atoms with Gasteiger partial charge in [-0.25, -0.2) is 0 Å². The fourth-order valence-electron chi connectivity index (χ4n) is 4.31. The molecule has 0 amide bonds. The van der Waals surface area contributed by atoms with Crippen molar-refractivity contribution >= 4 is 22.8 Å². The van der Waals surface area contributed by atoms with Gasteiger partial charge in [0.25, 0.3) is 0 Å². The largest absolute Gasteiger partial charge is 0.356 e. The van der Waals surface area contributed by atoms with E-state index in [1.807, 2.05) is 17.9 Å². The van der Waals surface area contributed by atoms with Crippen LogP contribution in [0.15, 0.2) is 6.20 Å². The SMILES string of the molecule is C[C@@H]1C[C@H](C)CN(c2nc(N3CCCCC3)c3cnn(C)c3n2)C1. The Hall–Kier alpha value is -1.85. The highest BCUT2D eigenvalue weighted by Gasteiger charge is 2.26. The zero-order valence-electron chi connectivity index (χ0n) is 15.1. The second-order valence-corrected chi connectivity index (χ2v) is 7.75. The van der Waals surface area contributed by atoms with E-state index in [0.717, 1.165) is 49.0 Å². The number of rotatable bonds is 2. The summed E-state index contributed by atoms with van der Waals surface area (Å²) < 4.78 is 1.88. The molecular weight excluding hydrogens is 300 g/mol. The summed E-state index contributed by atoms with van der Waals surface area (Å²) in [5.41, 5.74) is 0.950. The Balaban J connectivity index is 1.77. The van der Waals surface area contributed by atoms with Gasteiger partial charge in [0, 0.05) is 33.2 Å². The maximum Gasteiger partial charge on any atom is 0.229 e. The molecule has 2 atom stereocenters. The van der Waals surface area contributed by atoms with Crippen molar-refractivity contribution in [1.29, 1.82) is 0 Å². The number of aryl methyl sites for hydroxylation is 1. The van der Waals surface area contributed by atoms with Gasteiger partial charge in [0.15, 0.2) is 5.65 Å². The first-order valence-corrected chi connectivity index (χ1v) is 9.31. The van der Waals surface area contributed by atoms with Crippen LogP contribution in [0.2, 0.25) is 0 Å². The lowest BCUT2D eigenvalue weighted by atomic mass is 9.92. The predicted molar refractivity (Wildman–Crippen MR) is 97.5 cm³/mol. The van der Waals surface area contributed by atoms with E-state index in [0.29, 0.717) is 11.8 Å². The zero-order chi connectivity index (χ0) is 16.7. The summed E-state index contributed by atoms with van der Waals surface area (Å²) in [5.74, 6) is 3.34. The van der Waals surface area contributed by atoms with E-state index < -0.39 is 0 Å². The highest BCUT2D eigenvalue weighted by Crippen LogP contribution is 2.30. The van der Waals surface area contributed by atoms with Crippen molar-refractivity contribution in [2.75, 3.05) is 36.0 Å². The average molecular weight is 328 g/mol. The quantitative estimate of drug-likeness (QED) is 0.848. The molecule has 0 bridgehead atoms. The molecule has 2 saturated heterocycles. The Bertz CT molecular complexity index is 708. The van der Waals surface area contributed by atoms with E-state index in [1.54, 1.807) is 0 Å². The minimum atomic E-state index is 0.693. The monoisotopic (exact) mass is 328 g/mol. The van der Waals surface area contributed by atoms with Crippen LogP contribution >= 0.6 is 0 Å². The fourth-order valence-corrected chi connectivity index (χ4v) is 4.31. The number of hydrogen-bond donors (Lipinski definition) is 0. The van der Waals surface area contributed by atoms with E-state index in [-0.39, 0.29) is 0 Å². The van der Waals surface area contributed by atoms with Gasteiger partial charge < -0.3 is 9.80 Å². The third-order valence-corrected chi connectivity index (χ3v) is 5.37. The van der Waals surface area contributed by atoms with Crippen molar-refractivity contribution in [1.82, 2.24) is 19.7 Å². The molecule has 2 fully saturated rings. The Morgan fingerprint density at radius 3 is 2.38 bits per heavy atom. The number of anilines is 2. The van der Waals surface area contributed by atoms with Crippen LogP contribution in [0.3, 0.4) is 0 Å². The molecule has 6 heteroatoms. The highest BCUT2D eigenvalue weighted by molar-refractivity contribution is 5.88. The van der Waals surface area contributed by atoms with Gasteiger partial charge in [0.1, 0.15) is 5.82 Å². The first kappa shape index (κ1) is 15.7. The summed E-state index contributed by atoms with van der Waals surface area (Å²) in [5, 5.41) is 5.52. The number of piperidine rings is 2. The number of fused-ring (bicyclic) bond motifs is 1. The summed E-state index contributed by atoms with van der Waals surface area (Å²) >= 11 is 0. The topological polar surface area (TPSA) is 50.1 Å². The zero-order valence-corrected chi connectivity index (χ0v) is 15.1. The predicted octanol–water partition coefficient (Wildman–Crippen LogP) is 2.84. The molecule has 2 aromatic heterocycles. The molecule has 0 unspecified atom stereocenters. The molecule has 6 nitrogen and oxygen atoms in total. The van der Waals surface area contributed by atoms with Gasteiger partial charge in [-0.2, -0.15) is 15.1 Å². The van der Waals surface area contributed by atoms with E-state index >= 15 is 0 Å². The molecule has 0 spiro atoms. The van der Waals surface area contributed by atoms with E-state index in [1.165, 1.54) is 25.7 Å². The van der Waals surface area contributed by atoms with E-state index in [2.05, 4.69) is 28.7 Å². The van der Waals surface area contributed by atoms with Crippen molar-refractivity contribution in [3.05, 3.63) is 6.20 Å². The summed E-state index contributed by atoms with van der Waals surface area (Å²) in [6.07, 6.45) is 7.04. The lowest BCUT2D eigenvalue weighted by molar-refractivity contribution is 0.353. The van der Waals surface area contributed by atoms with Crippen molar-refractivity contribution in [3.63, 3.8) is 0 Å². The number of aromatic nitrogens is 4. The minimum absolute atomic E-state index is 0.693. The number of hydrogen-bond acceptors (Lipinski definition) is 5. The fraction of sp³-hybridized carbons (Fsp3) is 0.722. The lowest BCUT2D eigenvalue weighted by Crippen LogP contribution is -2.40. The average Bonchev–Trinajstić information content (AvgIpc) is 2.95. The van der Waals surface area contributed by atoms with Gasteiger partial charge >= 0.3 is 0 Å². The van der Waals surface area contributed by atoms with Crippen LogP contribution in [0.4, 0.5) is 11.8 Å². The number of nitrogens with zero attached hydrogens (tertiary/aromatic N) is 6. The van der Waals surface area contributed by atoms with Crippen molar-refractivity contribution in [3.8, 4) is 0 Å². The Labute approximate surface area is 143 Å². The second kappa shape index (κ2) is 6.22. The molecule has 0 saturated carbocycles. The van der Waals surface area contributed by atoms with Gasteiger partial charge in [0.2, 0.25) is 5.95 Å². The molecule has 0 radical (unpaired) electrons. The third kappa shape index (κ3) is 2.82. The highest BCUT2D eigenvalue weighted by atomic mass is 15.3. The maximum atomic E-state index is 5.02. The molecule has 130 valence electrons. The lowest BCUT2D eigenvalue weighted by Gasteiger charge is -2.36. The van der Waals surface area contributed by atoms with Crippen molar-refractivity contribution in [2.45, 2.75) is 39.5 Å². The molecular formula is C18H28N6. The molecule has 0 N–H and O–H groups in total. The molecule has 2 aliphatic rings. The normalized spacial score (nSPS) is 25.5. The molecule has 2 aliphatic heterocycles. The van der Waals surface area contributed by atoms with Crippen LogP contribution in [0.1, 0.15) is 39.5 Å². The summed E-state index contributed by atoms with van der Waals surface area (Å²) in [4.78, 5) is 14.7. The Morgan fingerprint density at radius 2 is 1.67 bits per heavy atom. The maximum absolute atomic E-state index is 5.02. The third-order valence-electron chi connectivity index (χ3n) is 5.37. The molecule has 4 heterocycles. The molecule has 0 aliphatic carbocycles. The van der Waals surface area contributed by atoms with Crippen LogP contribution < -0.4 is 9.80 Å². The Morgan fingerprint density at radius 1 is 0.958 bits per heavy atom. The minimum Gasteiger partial charge on any atom is -0.356 e. The van der Waals surface area contributed by atoms with Crippen LogP contribution in [0, 0.1) is 11.8 Å². The van der Waals surface area contributed by atoms with Gasteiger partial charge in [-0.05, 0) is 37.5 Å². The summed E-state index contributed by atoms with van der Waals surface area (Å²) in [6, 6.07) is 0. The van der Waals surface area contributed by atoms with Gasteiger partial charge in [-0.3, -0.25) is 4.68 Å². The van der Waals surface area contributed by atoms with Gasteiger partial charge in [-0.15, -0.1) is 0 Å². The van der Waals surface area contributed by atoms with Gasteiger partial charge in [-0.1, -0.05) is 13.8 Å².